The molecule has 1 saturated heterocycles. The summed E-state index contributed by atoms with van der Waals surface area (Å²) in [5.74, 6) is 3.08. The van der Waals surface area contributed by atoms with E-state index in [-0.39, 0.29) is 24.0 Å². The fraction of sp³-hybridized carbons (Fsp3) is 0.667. The molecule has 0 saturated carbocycles. The Morgan fingerprint density at radius 2 is 2.07 bits per heavy atom. The number of halogens is 1. The first-order chi connectivity index (χ1) is 12.6. The minimum absolute atomic E-state index is 0. The average molecular weight is 489 g/mol. The Morgan fingerprint density at radius 3 is 2.67 bits per heavy atom. The number of benzene rings is 1. The normalized spacial score (nSPS) is 16.9. The van der Waals surface area contributed by atoms with E-state index in [1.165, 1.54) is 5.56 Å². The molecule has 1 N–H and O–H groups in total. The summed E-state index contributed by atoms with van der Waals surface area (Å²) in [6, 6.07) is 8.38. The van der Waals surface area contributed by atoms with Gasteiger partial charge in [-0.05, 0) is 43.4 Å². The summed E-state index contributed by atoms with van der Waals surface area (Å²) < 4.78 is 11.2. The molecular formula is C21H36IN3O2. The zero-order valence-corrected chi connectivity index (χ0v) is 19.6. The molecule has 1 heterocycles. The van der Waals surface area contributed by atoms with Crippen molar-refractivity contribution in [2.75, 3.05) is 46.5 Å². The highest BCUT2D eigenvalue weighted by Crippen LogP contribution is 2.15. The number of ether oxygens (including phenoxy) is 2. The third-order valence-electron chi connectivity index (χ3n) is 4.42. The van der Waals surface area contributed by atoms with Crippen LogP contribution < -0.4 is 10.1 Å². The predicted molar refractivity (Wildman–Crippen MR) is 123 cm³/mol. The van der Waals surface area contributed by atoms with E-state index in [0.717, 1.165) is 64.0 Å². The van der Waals surface area contributed by atoms with Crippen LogP contribution in [0.15, 0.2) is 29.3 Å². The van der Waals surface area contributed by atoms with Crippen LogP contribution >= 0.6 is 24.0 Å². The van der Waals surface area contributed by atoms with Crippen LogP contribution in [0.5, 0.6) is 5.75 Å². The van der Waals surface area contributed by atoms with Gasteiger partial charge in [0.05, 0.1) is 13.2 Å². The Balaban J connectivity index is 0.00000364. The SMILES string of the molecule is CCNC(=NCCc1ccc(OCC(C)C)cc1)N(C)CC1CCOC1.I. The molecule has 1 aromatic rings. The zero-order chi connectivity index (χ0) is 18.8. The number of rotatable bonds is 9. The van der Waals surface area contributed by atoms with Gasteiger partial charge in [-0.25, -0.2) is 0 Å². The van der Waals surface area contributed by atoms with Gasteiger partial charge >= 0.3 is 0 Å². The Hall–Kier alpha value is -1.02. The van der Waals surface area contributed by atoms with Crippen LogP contribution in [0.3, 0.4) is 0 Å². The number of hydrogen-bond acceptors (Lipinski definition) is 3. The van der Waals surface area contributed by atoms with Crippen molar-refractivity contribution in [3.8, 4) is 5.75 Å². The Bertz CT molecular complexity index is 543. The molecule has 1 aliphatic heterocycles. The van der Waals surface area contributed by atoms with E-state index < -0.39 is 0 Å². The van der Waals surface area contributed by atoms with Gasteiger partial charge in [-0.3, -0.25) is 4.99 Å². The van der Waals surface area contributed by atoms with Gasteiger partial charge in [0.25, 0.3) is 0 Å². The maximum atomic E-state index is 5.74. The smallest absolute Gasteiger partial charge is 0.193 e. The third-order valence-corrected chi connectivity index (χ3v) is 4.42. The predicted octanol–water partition coefficient (Wildman–Crippen LogP) is 3.82. The molecule has 1 atom stereocenters. The van der Waals surface area contributed by atoms with Crippen molar-refractivity contribution >= 4 is 29.9 Å². The first-order valence-electron chi connectivity index (χ1n) is 9.87. The lowest BCUT2D eigenvalue weighted by Crippen LogP contribution is -2.41. The van der Waals surface area contributed by atoms with Gasteiger partial charge < -0.3 is 19.7 Å². The number of nitrogens with zero attached hydrogens (tertiary/aromatic N) is 2. The van der Waals surface area contributed by atoms with Crippen molar-refractivity contribution in [3.05, 3.63) is 29.8 Å². The number of nitrogens with one attached hydrogen (secondary N) is 1. The molecule has 0 aromatic heterocycles. The van der Waals surface area contributed by atoms with Crippen molar-refractivity contribution < 1.29 is 9.47 Å². The van der Waals surface area contributed by atoms with Crippen molar-refractivity contribution in [2.45, 2.75) is 33.6 Å². The molecule has 0 bridgehead atoms. The van der Waals surface area contributed by atoms with Crippen molar-refractivity contribution in [1.29, 1.82) is 0 Å². The Morgan fingerprint density at radius 1 is 1.33 bits per heavy atom. The summed E-state index contributed by atoms with van der Waals surface area (Å²) in [5.41, 5.74) is 1.29. The molecule has 2 rings (SSSR count). The molecule has 0 amide bonds. The van der Waals surface area contributed by atoms with E-state index in [2.05, 4.69) is 62.3 Å². The van der Waals surface area contributed by atoms with Crippen molar-refractivity contribution in [1.82, 2.24) is 10.2 Å². The quantitative estimate of drug-likeness (QED) is 0.326. The number of guanidine groups is 1. The molecule has 1 unspecified atom stereocenters. The van der Waals surface area contributed by atoms with E-state index in [1.807, 2.05) is 0 Å². The van der Waals surface area contributed by atoms with E-state index in [0.29, 0.717) is 11.8 Å². The minimum Gasteiger partial charge on any atom is -0.493 e. The number of hydrogen-bond donors (Lipinski definition) is 1. The number of aliphatic imine (C=N–C) groups is 1. The van der Waals surface area contributed by atoms with Gasteiger partial charge in [0.1, 0.15) is 5.75 Å². The molecule has 1 aliphatic rings. The lowest BCUT2D eigenvalue weighted by molar-refractivity contribution is 0.181. The molecule has 0 spiro atoms. The van der Waals surface area contributed by atoms with E-state index >= 15 is 0 Å². The van der Waals surface area contributed by atoms with Gasteiger partial charge in [0.15, 0.2) is 5.96 Å². The topological polar surface area (TPSA) is 46.1 Å². The highest BCUT2D eigenvalue weighted by atomic mass is 127. The molecule has 0 radical (unpaired) electrons. The second-order valence-corrected chi connectivity index (χ2v) is 7.44. The van der Waals surface area contributed by atoms with Gasteiger partial charge in [0, 0.05) is 39.2 Å². The second kappa shape index (κ2) is 13.2. The summed E-state index contributed by atoms with van der Waals surface area (Å²) in [7, 11) is 2.11. The maximum absolute atomic E-state index is 5.74. The fourth-order valence-electron chi connectivity index (χ4n) is 2.98. The van der Waals surface area contributed by atoms with Gasteiger partial charge in [-0.1, -0.05) is 26.0 Å². The van der Waals surface area contributed by atoms with E-state index in [9.17, 15) is 0 Å². The molecule has 154 valence electrons. The van der Waals surface area contributed by atoms with Gasteiger partial charge in [-0.2, -0.15) is 0 Å². The lowest BCUT2D eigenvalue weighted by atomic mass is 10.1. The summed E-state index contributed by atoms with van der Waals surface area (Å²) >= 11 is 0. The molecule has 1 aromatic carbocycles. The second-order valence-electron chi connectivity index (χ2n) is 7.44. The van der Waals surface area contributed by atoms with Crippen LogP contribution in [0.1, 0.15) is 32.8 Å². The van der Waals surface area contributed by atoms with E-state index in [1.54, 1.807) is 0 Å². The summed E-state index contributed by atoms with van der Waals surface area (Å²) in [6.45, 7) is 11.6. The summed E-state index contributed by atoms with van der Waals surface area (Å²) in [4.78, 5) is 7.02. The minimum atomic E-state index is 0. The first-order valence-corrected chi connectivity index (χ1v) is 9.87. The van der Waals surface area contributed by atoms with Gasteiger partial charge in [0.2, 0.25) is 0 Å². The highest BCUT2D eigenvalue weighted by molar-refractivity contribution is 14.0. The lowest BCUT2D eigenvalue weighted by Gasteiger charge is -2.24. The Labute approximate surface area is 181 Å². The first kappa shape index (κ1) is 24.0. The fourth-order valence-corrected chi connectivity index (χ4v) is 2.98. The van der Waals surface area contributed by atoms with Crippen LogP contribution in [-0.4, -0.2) is 57.4 Å². The Kier molecular flexibility index (Phi) is 11.7. The summed E-state index contributed by atoms with van der Waals surface area (Å²) in [5, 5.41) is 3.39. The molecule has 6 heteroatoms. The highest BCUT2D eigenvalue weighted by Gasteiger charge is 2.18. The van der Waals surface area contributed by atoms with Crippen molar-refractivity contribution in [3.63, 3.8) is 0 Å². The average Bonchev–Trinajstić information content (AvgIpc) is 3.13. The van der Waals surface area contributed by atoms with E-state index in [4.69, 9.17) is 14.5 Å². The molecule has 0 aliphatic carbocycles. The van der Waals surface area contributed by atoms with Crippen LogP contribution in [0, 0.1) is 11.8 Å². The molecule has 5 nitrogen and oxygen atoms in total. The largest absolute Gasteiger partial charge is 0.493 e. The van der Waals surface area contributed by atoms with Gasteiger partial charge in [-0.15, -0.1) is 24.0 Å². The molecular weight excluding hydrogens is 453 g/mol. The standard InChI is InChI=1S/C21H35N3O2.HI/c1-5-22-21(24(4)14-19-11-13-25-16-19)23-12-10-18-6-8-20(9-7-18)26-15-17(2)3;/h6-9,17,19H,5,10-16H2,1-4H3,(H,22,23);1H. The van der Waals surface area contributed by atoms with Crippen LogP contribution in [0.2, 0.25) is 0 Å². The maximum Gasteiger partial charge on any atom is 0.193 e. The summed E-state index contributed by atoms with van der Waals surface area (Å²) in [6.07, 6.45) is 2.08. The third kappa shape index (κ3) is 9.14. The monoisotopic (exact) mass is 489 g/mol. The molecule has 27 heavy (non-hydrogen) atoms. The van der Waals surface area contributed by atoms with Crippen LogP contribution in [0.4, 0.5) is 0 Å². The van der Waals surface area contributed by atoms with Crippen LogP contribution in [-0.2, 0) is 11.2 Å². The molecule has 1 fully saturated rings. The van der Waals surface area contributed by atoms with Crippen LogP contribution in [0.25, 0.3) is 0 Å². The zero-order valence-electron chi connectivity index (χ0n) is 17.2. The van der Waals surface area contributed by atoms with Crippen molar-refractivity contribution in [2.24, 2.45) is 16.8 Å².